The normalized spacial score (nSPS) is 16.1. The molecule has 1 atom stereocenters. The molecule has 1 fully saturated rings. The second-order valence-electron chi connectivity index (χ2n) is 6.89. The molecule has 2 N–H and O–H groups in total. The zero-order chi connectivity index (χ0) is 16.8. The maximum absolute atomic E-state index is 13.1. The lowest BCUT2D eigenvalue weighted by Gasteiger charge is -2.31. The molecular weight excluding hydrogens is 301 g/mol. The van der Waals surface area contributed by atoms with Gasteiger partial charge in [-0.25, -0.2) is 9.37 Å². The fraction of sp³-hybridized carbons (Fsp3) is 0.550. The lowest BCUT2D eigenvalue weighted by atomic mass is 9.91. The van der Waals surface area contributed by atoms with Gasteiger partial charge in [0, 0.05) is 6.04 Å². The van der Waals surface area contributed by atoms with Gasteiger partial charge in [-0.2, -0.15) is 0 Å². The third-order valence-corrected chi connectivity index (χ3v) is 4.97. The Kier molecular flexibility index (Phi) is 6.02. The summed E-state index contributed by atoms with van der Waals surface area (Å²) < 4.78 is 13.1. The van der Waals surface area contributed by atoms with Crippen molar-refractivity contribution in [3.8, 4) is 11.3 Å². The minimum absolute atomic E-state index is 0.209. The minimum atomic E-state index is -0.209. The van der Waals surface area contributed by atoms with Crippen molar-refractivity contribution in [3.63, 3.8) is 0 Å². The van der Waals surface area contributed by atoms with Gasteiger partial charge in [-0.05, 0) is 49.1 Å². The van der Waals surface area contributed by atoms with E-state index in [1.807, 2.05) is 6.20 Å². The number of hydrogen-bond acceptors (Lipinski definition) is 2. The first-order chi connectivity index (χ1) is 11.8. The lowest BCUT2D eigenvalue weighted by molar-refractivity contribution is 0.289. The molecule has 0 bridgehead atoms. The summed E-state index contributed by atoms with van der Waals surface area (Å²) in [5.41, 5.74) is 1.93. The number of hydrogen-bond donors (Lipinski definition) is 2. The monoisotopic (exact) mass is 329 g/mol. The Morgan fingerprint density at radius 2 is 2.00 bits per heavy atom. The molecule has 3 rings (SSSR count). The van der Waals surface area contributed by atoms with Crippen LogP contribution in [0.4, 0.5) is 4.39 Å². The van der Waals surface area contributed by atoms with Crippen molar-refractivity contribution in [1.29, 1.82) is 0 Å². The van der Waals surface area contributed by atoms with Crippen LogP contribution in [0, 0.1) is 5.82 Å². The molecule has 24 heavy (non-hydrogen) atoms. The second kappa shape index (κ2) is 8.43. The van der Waals surface area contributed by atoms with E-state index in [1.54, 1.807) is 12.1 Å². The van der Waals surface area contributed by atoms with Crippen LogP contribution in [0.3, 0.4) is 0 Å². The van der Waals surface area contributed by atoms with Gasteiger partial charge >= 0.3 is 0 Å². The van der Waals surface area contributed by atoms with Gasteiger partial charge in [-0.1, -0.05) is 39.0 Å². The first-order valence-corrected chi connectivity index (χ1v) is 9.33. The Balaban J connectivity index is 1.67. The molecule has 0 aliphatic heterocycles. The van der Waals surface area contributed by atoms with Crippen molar-refractivity contribution in [3.05, 3.63) is 42.1 Å². The van der Waals surface area contributed by atoms with E-state index in [2.05, 4.69) is 22.2 Å². The van der Waals surface area contributed by atoms with Crippen LogP contribution in [0.2, 0.25) is 0 Å². The highest BCUT2D eigenvalue weighted by molar-refractivity contribution is 5.58. The number of halogens is 1. The van der Waals surface area contributed by atoms with Crippen LogP contribution in [-0.2, 0) is 0 Å². The molecule has 0 radical (unpaired) electrons. The lowest BCUT2D eigenvalue weighted by Crippen LogP contribution is -2.38. The van der Waals surface area contributed by atoms with E-state index in [9.17, 15) is 4.39 Å². The summed E-state index contributed by atoms with van der Waals surface area (Å²) in [5, 5.41) is 3.77. The Hall–Kier alpha value is -1.68. The van der Waals surface area contributed by atoms with Gasteiger partial charge in [0.2, 0.25) is 0 Å². The topological polar surface area (TPSA) is 40.7 Å². The van der Waals surface area contributed by atoms with Crippen LogP contribution >= 0.6 is 0 Å². The summed E-state index contributed by atoms with van der Waals surface area (Å²) >= 11 is 0. The van der Waals surface area contributed by atoms with E-state index >= 15 is 0 Å². The molecular formula is C20H28FN3. The van der Waals surface area contributed by atoms with E-state index in [4.69, 9.17) is 0 Å². The average molecular weight is 329 g/mol. The summed E-state index contributed by atoms with van der Waals surface area (Å²) in [7, 11) is 0. The predicted octanol–water partition coefficient (Wildman–Crippen LogP) is 5.37. The predicted molar refractivity (Wildman–Crippen MR) is 96.3 cm³/mol. The van der Waals surface area contributed by atoms with Gasteiger partial charge in [-0.15, -0.1) is 0 Å². The van der Waals surface area contributed by atoms with E-state index < -0.39 is 0 Å². The highest BCUT2D eigenvalue weighted by Crippen LogP contribution is 2.27. The number of imidazole rings is 1. The van der Waals surface area contributed by atoms with Gasteiger partial charge in [0.25, 0.3) is 0 Å². The fourth-order valence-electron chi connectivity index (χ4n) is 3.22. The SMILES string of the molecule is CCCCCC[C@@H](NC1CCC1)c1ncc(-c2ccc(F)cc2)[nH]1. The van der Waals surface area contributed by atoms with Crippen molar-refractivity contribution >= 4 is 0 Å². The number of unbranched alkanes of at least 4 members (excludes halogenated alkanes) is 3. The van der Waals surface area contributed by atoms with Gasteiger partial charge in [0.05, 0.1) is 17.9 Å². The van der Waals surface area contributed by atoms with Gasteiger partial charge in [0.1, 0.15) is 11.6 Å². The largest absolute Gasteiger partial charge is 0.341 e. The molecule has 4 heteroatoms. The second-order valence-corrected chi connectivity index (χ2v) is 6.89. The van der Waals surface area contributed by atoms with Crippen molar-refractivity contribution in [2.75, 3.05) is 0 Å². The Morgan fingerprint density at radius 1 is 1.21 bits per heavy atom. The first-order valence-electron chi connectivity index (χ1n) is 9.33. The van der Waals surface area contributed by atoms with Crippen LogP contribution < -0.4 is 5.32 Å². The van der Waals surface area contributed by atoms with Gasteiger partial charge in [-0.3, -0.25) is 0 Å². The number of aromatic nitrogens is 2. The minimum Gasteiger partial charge on any atom is -0.341 e. The maximum Gasteiger partial charge on any atom is 0.123 e. The zero-order valence-corrected chi connectivity index (χ0v) is 14.5. The molecule has 0 saturated heterocycles. The summed E-state index contributed by atoms with van der Waals surface area (Å²) in [4.78, 5) is 8.06. The molecule has 0 spiro atoms. The smallest absolute Gasteiger partial charge is 0.123 e. The fourth-order valence-corrected chi connectivity index (χ4v) is 3.22. The number of H-pyrrole nitrogens is 1. The zero-order valence-electron chi connectivity index (χ0n) is 14.5. The molecule has 1 aliphatic rings. The number of nitrogens with zero attached hydrogens (tertiary/aromatic N) is 1. The number of rotatable bonds is 9. The summed E-state index contributed by atoms with van der Waals surface area (Å²) in [6, 6.07) is 7.50. The standard InChI is InChI=1S/C20H28FN3/c1-2-3-4-5-9-18(23-17-7-6-8-17)20-22-14-19(24-20)15-10-12-16(21)13-11-15/h10-14,17-18,23H,2-9H2,1H3,(H,22,24)/t18-/m1/s1. The Bertz CT molecular complexity index is 616. The molecule has 3 nitrogen and oxygen atoms in total. The number of nitrogens with one attached hydrogen (secondary N) is 2. The molecule has 130 valence electrons. The summed E-state index contributed by atoms with van der Waals surface area (Å²) in [6.07, 6.45) is 11.9. The van der Waals surface area contributed by atoms with Crippen LogP contribution in [-0.4, -0.2) is 16.0 Å². The van der Waals surface area contributed by atoms with Crippen LogP contribution in [0.1, 0.15) is 70.2 Å². The van der Waals surface area contributed by atoms with Gasteiger partial charge < -0.3 is 10.3 Å². The van der Waals surface area contributed by atoms with Crippen molar-refractivity contribution < 1.29 is 4.39 Å². The third kappa shape index (κ3) is 4.44. The summed E-state index contributed by atoms with van der Waals surface area (Å²) in [5.74, 6) is 0.802. The molecule has 0 unspecified atom stereocenters. The molecule has 1 aliphatic carbocycles. The Labute approximate surface area is 144 Å². The van der Waals surface area contributed by atoms with E-state index in [0.717, 1.165) is 23.5 Å². The van der Waals surface area contributed by atoms with Gasteiger partial charge in [0.15, 0.2) is 0 Å². The van der Waals surface area contributed by atoms with Crippen LogP contribution in [0.5, 0.6) is 0 Å². The average Bonchev–Trinajstić information content (AvgIpc) is 3.03. The molecule has 2 aromatic rings. The number of benzene rings is 1. The number of aromatic amines is 1. The van der Waals surface area contributed by atoms with Crippen molar-refractivity contribution in [2.45, 2.75) is 70.4 Å². The molecule has 1 aromatic carbocycles. The molecule has 0 amide bonds. The van der Waals surface area contributed by atoms with Crippen LogP contribution in [0.15, 0.2) is 30.5 Å². The van der Waals surface area contributed by atoms with E-state index in [1.165, 1.54) is 57.1 Å². The quantitative estimate of drug-likeness (QED) is 0.607. The van der Waals surface area contributed by atoms with Crippen LogP contribution in [0.25, 0.3) is 11.3 Å². The molecule has 1 aromatic heterocycles. The van der Waals surface area contributed by atoms with Crippen molar-refractivity contribution in [2.24, 2.45) is 0 Å². The van der Waals surface area contributed by atoms with E-state index in [-0.39, 0.29) is 5.82 Å². The highest BCUT2D eigenvalue weighted by atomic mass is 19.1. The van der Waals surface area contributed by atoms with Crippen molar-refractivity contribution in [1.82, 2.24) is 15.3 Å². The Morgan fingerprint density at radius 3 is 2.67 bits per heavy atom. The first kappa shape index (κ1) is 17.2. The third-order valence-electron chi connectivity index (χ3n) is 4.97. The molecule has 1 heterocycles. The summed E-state index contributed by atoms with van der Waals surface area (Å²) in [6.45, 7) is 2.24. The highest BCUT2D eigenvalue weighted by Gasteiger charge is 2.23. The maximum atomic E-state index is 13.1. The van der Waals surface area contributed by atoms with E-state index in [0.29, 0.717) is 12.1 Å². The molecule has 1 saturated carbocycles.